The Morgan fingerprint density at radius 3 is 2.70 bits per heavy atom. The number of H-pyrrole nitrogens is 1. The molecule has 0 unspecified atom stereocenters. The van der Waals surface area contributed by atoms with Crippen molar-refractivity contribution in [1.82, 2.24) is 4.98 Å². The molecule has 1 heterocycles. The van der Waals surface area contributed by atoms with E-state index in [2.05, 4.69) is 10.3 Å². The fourth-order valence-corrected chi connectivity index (χ4v) is 2.07. The fourth-order valence-electron chi connectivity index (χ4n) is 2.07. The zero-order valence-corrected chi connectivity index (χ0v) is 10.3. The summed E-state index contributed by atoms with van der Waals surface area (Å²) in [7, 11) is 0. The molecule has 2 N–H and O–H groups in total. The van der Waals surface area contributed by atoms with Gasteiger partial charge in [0.2, 0.25) is 0 Å². The number of hydrogen-bond donors (Lipinski definition) is 2. The first-order chi connectivity index (χ1) is 9.66. The lowest BCUT2D eigenvalue weighted by atomic mass is 10.1. The first-order valence-electron chi connectivity index (χ1n) is 5.98. The Labute approximate surface area is 113 Å². The van der Waals surface area contributed by atoms with E-state index in [4.69, 9.17) is 0 Å². The molecule has 0 atom stereocenters. The lowest BCUT2D eigenvalue weighted by Crippen LogP contribution is -2.13. The Morgan fingerprint density at radius 1 is 1.05 bits per heavy atom. The number of benzene rings is 2. The quantitative estimate of drug-likeness (QED) is 0.734. The van der Waals surface area contributed by atoms with Crippen LogP contribution in [0.4, 0.5) is 14.5 Å². The van der Waals surface area contributed by atoms with E-state index in [0.717, 1.165) is 17.0 Å². The van der Waals surface area contributed by atoms with Gasteiger partial charge in [-0.3, -0.25) is 4.79 Å². The average molecular weight is 272 g/mol. The van der Waals surface area contributed by atoms with Crippen molar-refractivity contribution in [2.24, 2.45) is 0 Å². The summed E-state index contributed by atoms with van der Waals surface area (Å²) in [6, 6.07) is 10.6. The number of rotatable bonds is 2. The van der Waals surface area contributed by atoms with Crippen LogP contribution >= 0.6 is 0 Å². The van der Waals surface area contributed by atoms with Gasteiger partial charge < -0.3 is 10.3 Å². The minimum absolute atomic E-state index is 0.178. The Morgan fingerprint density at radius 2 is 1.85 bits per heavy atom. The largest absolute Gasteiger partial charge is 0.361 e. The van der Waals surface area contributed by atoms with Gasteiger partial charge in [0.15, 0.2) is 11.6 Å². The molecule has 3 rings (SSSR count). The molecule has 0 aliphatic rings. The topological polar surface area (TPSA) is 44.9 Å². The monoisotopic (exact) mass is 272 g/mol. The van der Waals surface area contributed by atoms with Crippen molar-refractivity contribution in [2.75, 3.05) is 5.32 Å². The van der Waals surface area contributed by atoms with Gasteiger partial charge in [-0.15, -0.1) is 0 Å². The smallest absolute Gasteiger partial charge is 0.256 e. The Kier molecular flexibility index (Phi) is 2.95. The lowest BCUT2D eigenvalue weighted by Gasteiger charge is -2.07. The predicted octanol–water partition coefficient (Wildman–Crippen LogP) is 3.70. The second kappa shape index (κ2) is 4.77. The van der Waals surface area contributed by atoms with Crippen LogP contribution in [0.25, 0.3) is 10.9 Å². The van der Waals surface area contributed by atoms with E-state index >= 15 is 0 Å². The van der Waals surface area contributed by atoms with Gasteiger partial charge in [-0.2, -0.15) is 0 Å². The minimum atomic E-state index is -1.07. The number of aromatic amines is 1. The number of halogens is 2. The zero-order chi connectivity index (χ0) is 14.1. The van der Waals surface area contributed by atoms with Crippen LogP contribution < -0.4 is 5.32 Å². The molecule has 0 saturated heterocycles. The van der Waals surface area contributed by atoms with E-state index in [9.17, 15) is 13.6 Å². The van der Waals surface area contributed by atoms with Crippen LogP contribution in [-0.2, 0) is 0 Å². The van der Waals surface area contributed by atoms with E-state index in [-0.39, 0.29) is 5.69 Å². The van der Waals surface area contributed by atoms with Gasteiger partial charge in [-0.25, -0.2) is 8.78 Å². The standard InChI is InChI=1S/C15H10F2N2O/c16-11-4-2-6-13(14(11)17)19-15(20)10-3-1-5-12-9(10)7-8-18-12/h1-8,18H,(H,19,20). The molecule has 20 heavy (non-hydrogen) atoms. The summed E-state index contributed by atoms with van der Waals surface area (Å²) >= 11 is 0. The molecule has 0 fully saturated rings. The highest BCUT2D eigenvalue weighted by Crippen LogP contribution is 2.21. The highest BCUT2D eigenvalue weighted by atomic mass is 19.2. The summed E-state index contributed by atoms with van der Waals surface area (Å²) in [5.74, 6) is -2.55. The number of carbonyl (C=O) groups is 1. The lowest BCUT2D eigenvalue weighted by molar-refractivity contribution is 0.102. The van der Waals surface area contributed by atoms with Gasteiger partial charge in [-0.05, 0) is 30.3 Å². The van der Waals surface area contributed by atoms with Gasteiger partial charge in [0.05, 0.1) is 5.69 Å². The predicted molar refractivity (Wildman–Crippen MR) is 72.6 cm³/mol. The molecule has 0 bridgehead atoms. The molecular weight excluding hydrogens is 262 g/mol. The molecule has 0 aliphatic carbocycles. The average Bonchev–Trinajstić information content (AvgIpc) is 2.92. The SMILES string of the molecule is O=C(Nc1cccc(F)c1F)c1cccc2[nH]ccc12. The van der Waals surface area contributed by atoms with Crippen LogP contribution in [0.5, 0.6) is 0 Å². The minimum Gasteiger partial charge on any atom is -0.361 e. The van der Waals surface area contributed by atoms with E-state index in [0.29, 0.717) is 5.56 Å². The molecule has 2 aromatic carbocycles. The summed E-state index contributed by atoms with van der Waals surface area (Å²) in [5.41, 5.74) is 1.02. The van der Waals surface area contributed by atoms with Crippen molar-refractivity contribution < 1.29 is 13.6 Å². The molecule has 3 aromatic rings. The Bertz CT molecular complexity index is 795. The number of carbonyl (C=O) groups excluding carboxylic acids is 1. The molecule has 1 amide bonds. The number of nitrogens with one attached hydrogen (secondary N) is 2. The Hall–Kier alpha value is -2.69. The van der Waals surface area contributed by atoms with E-state index in [1.165, 1.54) is 12.1 Å². The Balaban J connectivity index is 1.97. The van der Waals surface area contributed by atoms with Crippen LogP contribution in [0.1, 0.15) is 10.4 Å². The fraction of sp³-hybridized carbons (Fsp3) is 0. The van der Waals surface area contributed by atoms with Crippen molar-refractivity contribution >= 4 is 22.5 Å². The van der Waals surface area contributed by atoms with E-state index in [1.54, 1.807) is 24.4 Å². The van der Waals surface area contributed by atoms with Crippen molar-refractivity contribution in [3.63, 3.8) is 0 Å². The van der Waals surface area contributed by atoms with E-state index < -0.39 is 17.5 Å². The van der Waals surface area contributed by atoms with Crippen LogP contribution in [0, 0.1) is 11.6 Å². The van der Waals surface area contributed by atoms with Gasteiger partial charge >= 0.3 is 0 Å². The number of hydrogen-bond acceptors (Lipinski definition) is 1. The summed E-state index contributed by atoms with van der Waals surface area (Å²) in [6.45, 7) is 0. The highest BCUT2D eigenvalue weighted by molar-refractivity contribution is 6.12. The van der Waals surface area contributed by atoms with Gasteiger partial charge in [0.25, 0.3) is 5.91 Å². The summed E-state index contributed by atoms with van der Waals surface area (Å²) in [4.78, 5) is 15.2. The third-order valence-corrected chi connectivity index (χ3v) is 3.04. The molecule has 100 valence electrons. The van der Waals surface area contributed by atoms with Crippen molar-refractivity contribution in [3.05, 3.63) is 65.9 Å². The second-order valence-corrected chi connectivity index (χ2v) is 4.30. The second-order valence-electron chi connectivity index (χ2n) is 4.30. The number of amides is 1. The summed E-state index contributed by atoms with van der Waals surface area (Å²) < 4.78 is 26.6. The number of aromatic nitrogens is 1. The first-order valence-corrected chi connectivity index (χ1v) is 5.98. The molecule has 5 heteroatoms. The van der Waals surface area contributed by atoms with Gasteiger partial charge in [-0.1, -0.05) is 12.1 Å². The van der Waals surface area contributed by atoms with Crippen molar-refractivity contribution in [2.45, 2.75) is 0 Å². The number of fused-ring (bicyclic) bond motifs is 1. The van der Waals surface area contributed by atoms with E-state index in [1.807, 2.05) is 6.07 Å². The van der Waals surface area contributed by atoms with Crippen LogP contribution in [-0.4, -0.2) is 10.9 Å². The molecular formula is C15H10F2N2O. The maximum atomic E-state index is 13.5. The van der Waals surface area contributed by atoms with Crippen LogP contribution in [0.15, 0.2) is 48.7 Å². The highest BCUT2D eigenvalue weighted by Gasteiger charge is 2.14. The third kappa shape index (κ3) is 2.03. The molecule has 0 aliphatic heterocycles. The van der Waals surface area contributed by atoms with Crippen molar-refractivity contribution in [1.29, 1.82) is 0 Å². The maximum Gasteiger partial charge on any atom is 0.256 e. The normalized spacial score (nSPS) is 10.7. The maximum absolute atomic E-state index is 13.5. The third-order valence-electron chi connectivity index (χ3n) is 3.04. The molecule has 0 spiro atoms. The van der Waals surface area contributed by atoms with Gasteiger partial charge in [0, 0.05) is 22.7 Å². The molecule has 0 saturated carbocycles. The summed E-state index contributed by atoms with van der Waals surface area (Å²) in [5, 5.41) is 3.11. The first kappa shape index (κ1) is 12.3. The molecule has 1 aromatic heterocycles. The zero-order valence-electron chi connectivity index (χ0n) is 10.3. The molecule has 0 radical (unpaired) electrons. The van der Waals surface area contributed by atoms with Crippen LogP contribution in [0.3, 0.4) is 0 Å². The number of anilines is 1. The summed E-state index contributed by atoms with van der Waals surface area (Å²) in [6.07, 6.45) is 1.71. The van der Waals surface area contributed by atoms with Crippen molar-refractivity contribution in [3.8, 4) is 0 Å². The van der Waals surface area contributed by atoms with Crippen LogP contribution in [0.2, 0.25) is 0 Å². The molecule has 3 nitrogen and oxygen atoms in total. The van der Waals surface area contributed by atoms with Gasteiger partial charge in [0.1, 0.15) is 0 Å².